The molecule has 0 bridgehead atoms. The van der Waals surface area contributed by atoms with E-state index in [2.05, 4.69) is 5.32 Å². The van der Waals surface area contributed by atoms with Crippen molar-refractivity contribution in [1.29, 1.82) is 10.8 Å². The van der Waals surface area contributed by atoms with Gasteiger partial charge in [0.2, 0.25) is 5.91 Å². The third-order valence-corrected chi connectivity index (χ3v) is 5.34. The van der Waals surface area contributed by atoms with E-state index in [0.717, 1.165) is 17.7 Å². The van der Waals surface area contributed by atoms with Crippen LogP contribution in [0.1, 0.15) is 23.1 Å². The summed E-state index contributed by atoms with van der Waals surface area (Å²) in [4.78, 5) is 14.4. The third kappa shape index (κ3) is 5.11. The molecule has 1 saturated heterocycles. The summed E-state index contributed by atoms with van der Waals surface area (Å²) in [5.74, 6) is -0.00678. The average molecular weight is 407 g/mol. The molecule has 1 unspecified atom stereocenters. The Labute approximate surface area is 175 Å². The molecule has 0 spiro atoms. The Bertz CT molecular complexity index is 972. The Balaban J connectivity index is 1.56. The minimum absolute atomic E-state index is 0.0142. The fourth-order valence-electron chi connectivity index (χ4n) is 3.66. The molecule has 1 amide bonds. The van der Waals surface area contributed by atoms with E-state index < -0.39 is 0 Å². The average Bonchev–Trinajstić information content (AvgIpc) is 3.23. The van der Waals surface area contributed by atoms with E-state index in [-0.39, 0.29) is 18.1 Å². The van der Waals surface area contributed by atoms with Gasteiger partial charge in [-0.15, -0.1) is 0 Å². The van der Waals surface area contributed by atoms with Crippen LogP contribution in [-0.4, -0.2) is 42.9 Å². The lowest BCUT2D eigenvalue weighted by molar-refractivity contribution is -0.129. The molecule has 0 aromatic heterocycles. The number of halogens is 1. The monoisotopic (exact) mass is 407 g/mol. The Morgan fingerprint density at radius 3 is 2.80 bits per heavy atom. The number of nitrogens with one attached hydrogen (secondary N) is 3. The molecule has 1 heterocycles. The van der Waals surface area contributed by atoms with Crippen LogP contribution in [-0.2, 0) is 11.2 Å². The van der Waals surface area contributed by atoms with Crippen molar-refractivity contribution in [2.45, 2.75) is 12.8 Å². The molecule has 2 aromatic carbocycles. The van der Waals surface area contributed by atoms with Crippen molar-refractivity contribution >= 4 is 29.6 Å². The molecule has 3 rings (SSSR count). The quantitative estimate of drug-likeness (QED) is 0.505. The number of likely N-dealkylation sites (tertiary alicyclic amines) is 1. The molecule has 1 aliphatic heterocycles. The first-order valence-corrected chi connectivity index (χ1v) is 9.87. The second kappa shape index (κ2) is 9.82. The third-order valence-electron chi connectivity index (χ3n) is 5.34. The predicted octanol–water partition coefficient (Wildman–Crippen LogP) is 3.28. The number of anilines is 1. The van der Waals surface area contributed by atoms with Crippen LogP contribution in [0.2, 0.25) is 0 Å². The van der Waals surface area contributed by atoms with E-state index in [4.69, 9.17) is 16.6 Å². The summed E-state index contributed by atoms with van der Waals surface area (Å²) in [7, 11) is 0. The molecule has 7 heteroatoms. The second-order valence-corrected chi connectivity index (χ2v) is 7.39. The molecule has 6 nitrogen and oxygen atoms in total. The minimum atomic E-state index is -0.327. The zero-order valence-electron chi connectivity index (χ0n) is 16.7. The number of allylic oxidation sites excluding steroid dienone is 1. The van der Waals surface area contributed by atoms with Gasteiger partial charge >= 0.3 is 0 Å². The van der Waals surface area contributed by atoms with Crippen molar-refractivity contribution in [2.24, 2.45) is 11.7 Å². The van der Waals surface area contributed by atoms with Crippen molar-refractivity contribution in [3.05, 3.63) is 71.2 Å². The largest absolute Gasteiger partial charge is 0.404 e. The van der Waals surface area contributed by atoms with E-state index in [1.807, 2.05) is 23.1 Å². The maximum atomic E-state index is 13.3. The van der Waals surface area contributed by atoms with E-state index in [1.54, 1.807) is 12.1 Å². The molecule has 0 saturated carbocycles. The topological polar surface area (TPSA) is 106 Å². The highest BCUT2D eigenvalue weighted by Crippen LogP contribution is 2.23. The zero-order valence-corrected chi connectivity index (χ0v) is 16.7. The van der Waals surface area contributed by atoms with Gasteiger partial charge in [-0.2, -0.15) is 0 Å². The van der Waals surface area contributed by atoms with Crippen LogP contribution in [0.25, 0.3) is 5.57 Å². The van der Waals surface area contributed by atoms with Gasteiger partial charge in [0.1, 0.15) is 5.82 Å². The number of carbonyl (C=O) groups is 1. The molecule has 30 heavy (non-hydrogen) atoms. The number of nitrogens with two attached hydrogens (primary N) is 1. The Kier molecular flexibility index (Phi) is 6.95. The van der Waals surface area contributed by atoms with Gasteiger partial charge < -0.3 is 26.8 Å². The molecule has 1 atom stereocenters. The highest BCUT2D eigenvalue weighted by molar-refractivity contribution is 6.08. The summed E-state index contributed by atoms with van der Waals surface area (Å²) in [6, 6.07) is 11.7. The number of hydrogen-bond acceptors (Lipinski definition) is 5. The van der Waals surface area contributed by atoms with Gasteiger partial charge in [0, 0.05) is 55.1 Å². The van der Waals surface area contributed by atoms with Gasteiger partial charge in [0.15, 0.2) is 0 Å². The van der Waals surface area contributed by atoms with Gasteiger partial charge in [0.25, 0.3) is 0 Å². The van der Waals surface area contributed by atoms with Crippen molar-refractivity contribution < 1.29 is 9.18 Å². The van der Waals surface area contributed by atoms with Gasteiger partial charge in [-0.25, -0.2) is 4.39 Å². The molecule has 1 fully saturated rings. The van der Waals surface area contributed by atoms with Crippen LogP contribution in [0.15, 0.2) is 48.7 Å². The summed E-state index contributed by atoms with van der Waals surface area (Å²) in [6.45, 7) is 2.04. The lowest BCUT2D eigenvalue weighted by atomic mass is 10.0. The number of amides is 1. The van der Waals surface area contributed by atoms with Gasteiger partial charge in [-0.3, -0.25) is 4.79 Å². The van der Waals surface area contributed by atoms with Crippen LogP contribution in [0.4, 0.5) is 10.1 Å². The number of benzene rings is 2. The van der Waals surface area contributed by atoms with Crippen molar-refractivity contribution in [3.63, 3.8) is 0 Å². The van der Waals surface area contributed by atoms with Gasteiger partial charge in [-0.1, -0.05) is 18.2 Å². The maximum Gasteiger partial charge on any atom is 0.227 e. The molecule has 156 valence electrons. The molecular formula is C23H26FN5O. The van der Waals surface area contributed by atoms with E-state index in [0.29, 0.717) is 42.3 Å². The summed E-state index contributed by atoms with van der Waals surface area (Å²) in [5, 5.41) is 18.5. The number of rotatable bonds is 8. The van der Waals surface area contributed by atoms with Crippen LogP contribution in [0.3, 0.4) is 0 Å². The Hall–Kier alpha value is -3.48. The van der Waals surface area contributed by atoms with E-state index in [1.165, 1.54) is 30.8 Å². The summed E-state index contributed by atoms with van der Waals surface area (Å²) < 4.78 is 13.3. The highest BCUT2D eigenvalue weighted by atomic mass is 19.1. The Morgan fingerprint density at radius 2 is 2.10 bits per heavy atom. The molecular weight excluding hydrogens is 381 g/mol. The fourth-order valence-corrected chi connectivity index (χ4v) is 3.66. The highest BCUT2D eigenvalue weighted by Gasteiger charge is 2.26. The SMILES string of the molecule is N=C/C(=C\N)c1ccc(NCC2CCN(C(=O)Cc3cccc(F)c3)C2)c(C=N)c1. The van der Waals surface area contributed by atoms with E-state index in [9.17, 15) is 9.18 Å². The fraction of sp³-hybridized carbons (Fsp3) is 0.261. The van der Waals surface area contributed by atoms with Crippen LogP contribution < -0.4 is 11.1 Å². The first-order valence-electron chi connectivity index (χ1n) is 9.87. The standard InChI is InChI=1S/C23H26FN5O/c24-21-3-1-2-16(8-21)9-23(30)29-7-6-17(15-29)14-28-22-5-4-18(10-19(22)11-25)20(12-26)13-27/h1-5,8,10-13,17,25-26,28H,6-7,9,14-15,27H2/b20-13+,25-11?,26-12?. The first kappa shape index (κ1) is 21.2. The normalized spacial score (nSPS) is 16.4. The van der Waals surface area contributed by atoms with Gasteiger partial charge in [0.05, 0.1) is 6.42 Å². The number of nitrogens with zero attached hydrogens (tertiary/aromatic N) is 1. The van der Waals surface area contributed by atoms with Gasteiger partial charge in [-0.05, 0) is 47.7 Å². The number of hydrogen-bond donors (Lipinski definition) is 4. The van der Waals surface area contributed by atoms with Crippen LogP contribution in [0, 0.1) is 22.6 Å². The van der Waals surface area contributed by atoms with Crippen molar-refractivity contribution in [1.82, 2.24) is 4.90 Å². The van der Waals surface area contributed by atoms with E-state index >= 15 is 0 Å². The molecule has 5 N–H and O–H groups in total. The maximum absolute atomic E-state index is 13.3. The minimum Gasteiger partial charge on any atom is -0.404 e. The first-order chi connectivity index (χ1) is 14.5. The smallest absolute Gasteiger partial charge is 0.227 e. The summed E-state index contributed by atoms with van der Waals surface area (Å²) in [6.07, 6.45) is 4.93. The molecule has 1 aliphatic rings. The Morgan fingerprint density at radius 1 is 1.27 bits per heavy atom. The summed E-state index contributed by atoms with van der Waals surface area (Å²) >= 11 is 0. The lowest BCUT2D eigenvalue weighted by Gasteiger charge is -2.18. The van der Waals surface area contributed by atoms with Crippen LogP contribution >= 0.6 is 0 Å². The molecule has 0 radical (unpaired) electrons. The number of carbonyl (C=O) groups excluding carboxylic acids is 1. The second-order valence-electron chi connectivity index (χ2n) is 7.39. The molecule has 2 aromatic rings. The molecule has 0 aliphatic carbocycles. The zero-order chi connectivity index (χ0) is 21.5. The van der Waals surface area contributed by atoms with Crippen LogP contribution in [0.5, 0.6) is 0 Å². The van der Waals surface area contributed by atoms with Crippen molar-refractivity contribution in [2.75, 3.05) is 25.0 Å². The summed E-state index contributed by atoms with van der Waals surface area (Å²) in [5.41, 5.74) is 9.15. The predicted molar refractivity (Wildman–Crippen MR) is 119 cm³/mol. The lowest BCUT2D eigenvalue weighted by Crippen LogP contribution is -2.31. The van der Waals surface area contributed by atoms with Crippen molar-refractivity contribution in [3.8, 4) is 0 Å².